The molecule has 1 heterocycles. The van der Waals surface area contributed by atoms with Crippen LogP contribution >= 0.6 is 0 Å². The molecule has 0 saturated carbocycles. The molecule has 0 fully saturated rings. The SMILES string of the molecule is O=C([O-])c1ccc(C(=O)[O-])c(C(=O)n2ccnc2-c2ccccc2)c1. The van der Waals surface area contributed by atoms with Crippen molar-refractivity contribution in [1.82, 2.24) is 9.55 Å². The summed E-state index contributed by atoms with van der Waals surface area (Å²) in [5.41, 5.74) is -0.402. The summed E-state index contributed by atoms with van der Waals surface area (Å²) in [6, 6.07) is 11.8. The molecule has 3 aromatic rings. The number of carboxylic acids is 2. The van der Waals surface area contributed by atoms with Crippen molar-refractivity contribution in [3.63, 3.8) is 0 Å². The number of aromatic carboxylic acids is 2. The Bertz CT molecular complexity index is 976. The van der Waals surface area contributed by atoms with Gasteiger partial charge in [0, 0.05) is 23.5 Å². The highest BCUT2D eigenvalue weighted by Crippen LogP contribution is 2.20. The average molecular weight is 334 g/mol. The maximum atomic E-state index is 12.8. The molecule has 124 valence electrons. The molecule has 0 N–H and O–H groups in total. The highest BCUT2D eigenvalue weighted by atomic mass is 16.4. The second kappa shape index (κ2) is 6.40. The normalized spacial score (nSPS) is 10.4. The van der Waals surface area contributed by atoms with Crippen LogP contribution in [0.15, 0.2) is 60.9 Å². The van der Waals surface area contributed by atoms with Crippen molar-refractivity contribution in [1.29, 1.82) is 0 Å². The number of nitrogens with zero attached hydrogens (tertiary/aromatic N) is 2. The average Bonchev–Trinajstić information content (AvgIpc) is 3.11. The molecular formula is C18H10N2O5-2. The summed E-state index contributed by atoms with van der Waals surface area (Å²) in [4.78, 5) is 39.2. The number of carbonyl (C=O) groups excluding carboxylic acids is 3. The number of hydrogen-bond donors (Lipinski definition) is 0. The van der Waals surface area contributed by atoms with E-state index in [1.165, 1.54) is 12.4 Å². The Kier molecular flexibility index (Phi) is 4.13. The minimum absolute atomic E-state index is 0.300. The van der Waals surface area contributed by atoms with E-state index in [0.29, 0.717) is 11.4 Å². The van der Waals surface area contributed by atoms with Gasteiger partial charge in [-0.3, -0.25) is 9.36 Å². The zero-order valence-corrected chi connectivity index (χ0v) is 12.7. The van der Waals surface area contributed by atoms with Crippen LogP contribution in [0.1, 0.15) is 31.1 Å². The van der Waals surface area contributed by atoms with Gasteiger partial charge in [0.1, 0.15) is 5.82 Å². The number of carbonyl (C=O) groups is 3. The van der Waals surface area contributed by atoms with Crippen molar-refractivity contribution in [2.75, 3.05) is 0 Å². The fourth-order valence-corrected chi connectivity index (χ4v) is 2.42. The van der Waals surface area contributed by atoms with Gasteiger partial charge in [-0.05, 0) is 11.6 Å². The van der Waals surface area contributed by atoms with Crippen molar-refractivity contribution < 1.29 is 24.6 Å². The van der Waals surface area contributed by atoms with Gasteiger partial charge in [0.2, 0.25) is 0 Å². The summed E-state index contributed by atoms with van der Waals surface area (Å²) >= 11 is 0. The second-order valence-electron chi connectivity index (χ2n) is 5.13. The van der Waals surface area contributed by atoms with Gasteiger partial charge < -0.3 is 19.8 Å². The smallest absolute Gasteiger partial charge is 0.264 e. The van der Waals surface area contributed by atoms with E-state index in [1.54, 1.807) is 30.3 Å². The van der Waals surface area contributed by atoms with Gasteiger partial charge in [0.25, 0.3) is 5.91 Å². The summed E-state index contributed by atoms with van der Waals surface area (Å²) in [5, 5.41) is 22.3. The third-order valence-electron chi connectivity index (χ3n) is 3.60. The van der Waals surface area contributed by atoms with Crippen LogP contribution in [0.2, 0.25) is 0 Å². The number of rotatable bonds is 4. The van der Waals surface area contributed by atoms with E-state index < -0.39 is 23.4 Å². The maximum Gasteiger partial charge on any atom is 0.264 e. The van der Waals surface area contributed by atoms with E-state index in [9.17, 15) is 24.6 Å². The van der Waals surface area contributed by atoms with Gasteiger partial charge in [0.15, 0.2) is 0 Å². The molecule has 0 saturated heterocycles. The Balaban J connectivity index is 2.14. The summed E-state index contributed by atoms with van der Waals surface area (Å²) in [5.74, 6) is -3.55. The highest BCUT2D eigenvalue weighted by molar-refractivity contribution is 6.07. The first-order valence-electron chi connectivity index (χ1n) is 7.19. The lowest BCUT2D eigenvalue weighted by atomic mass is 10.0. The number of imidazole rings is 1. The van der Waals surface area contributed by atoms with Gasteiger partial charge in [-0.1, -0.05) is 42.5 Å². The quantitative estimate of drug-likeness (QED) is 0.661. The molecule has 0 amide bonds. The van der Waals surface area contributed by atoms with Gasteiger partial charge in [0.05, 0.1) is 17.5 Å². The standard InChI is InChI=1S/C18H12N2O5/c21-16(14-10-12(17(22)23)6-7-13(14)18(24)25)20-9-8-19-15(20)11-4-2-1-3-5-11/h1-10H,(H,22,23)(H,24,25)/p-2. The minimum atomic E-state index is -1.59. The van der Waals surface area contributed by atoms with E-state index in [2.05, 4.69) is 4.98 Å². The Hall–Kier alpha value is -3.74. The van der Waals surface area contributed by atoms with Crippen molar-refractivity contribution in [3.8, 4) is 11.4 Å². The van der Waals surface area contributed by atoms with E-state index >= 15 is 0 Å². The van der Waals surface area contributed by atoms with Crippen LogP contribution in [0, 0.1) is 0 Å². The minimum Gasteiger partial charge on any atom is -0.545 e. The number of aromatic nitrogens is 2. The fraction of sp³-hybridized carbons (Fsp3) is 0. The summed E-state index contributed by atoms with van der Waals surface area (Å²) in [7, 11) is 0. The van der Waals surface area contributed by atoms with Crippen LogP contribution in [0.5, 0.6) is 0 Å². The van der Waals surface area contributed by atoms with Gasteiger partial charge >= 0.3 is 0 Å². The molecule has 0 aliphatic carbocycles. The van der Waals surface area contributed by atoms with E-state index in [0.717, 1.165) is 22.8 Å². The monoisotopic (exact) mass is 334 g/mol. The zero-order chi connectivity index (χ0) is 18.0. The van der Waals surface area contributed by atoms with Crippen molar-refractivity contribution in [2.45, 2.75) is 0 Å². The van der Waals surface area contributed by atoms with Gasteiger partial charge in [-0.25, -0.2) is 4.98 Å². The number of carboxylic acid groups (broad SMARTS) is 2. The molecule has 7 nitrogen and oxygen atoms in total. The molecule has 7 heteroatoms. The van der Waals surface area contributed by atoms with Crippen molar-refractivity contribution in [2.24, 2.45) is 0 Å². The second-order valence-corrected chi connectivity index (χ2v) is 5.13. The van der Waals surface area contributed by atoms with Gasteiger partial charge in [-0.2, -0.15) is 0 Å². The number of benzene rings is 2. The van der Waals surface area contributed by atoms with Crippen LogP contribution in [0.3, 0.4) is 0 Å². The van der Waals surface area contributed by atoms with E-state index in [-0.39, 0.29) is 11.1 Å². The van der Waals surface area contributed by atoms with E-state index in [1.807, 2.05) is 0 Å². The van der Waals surface area contributed by atoms with Crippen LogP contribution in [0.25, 0.3) is 11.4 Å². The molecule has 2 aromatic carbocycles. The van der Waals surface area contributed by atoms with Crippen molar-refractivity contribution >= 4 is 17.8 Å². The molecule has 0 atom stereocenters. The molecule has 25 heavy (non-hydrogen) atoms. The lowest BCUT2D eigenvalue weighted by Crippen LogP contribution is -2.28. The summed E-state index contributed by atoms with van der Waals surface area (Å²) in [6.45, 7) is 0. The predicted molar refractivity (Wildman–Crippen MR) is 82.5 cm³/mol. The molecule has 3 rings (SSSR count). The first-order chi connectivity index (χ1) is 12.0. The van der Waals surface area contributed by atoms with E-state index in [4.69, 9.17) is 0 Å². The highest BCUT2D eigenvalue weighted by Gasteiger charge is 2.19. The third-order valence-corrected chi connectivity index (χ3v) is 3.60. The summed E-state index contributed by atoms with van der Waals surface area (Å²) in [6.07, 6.45) is 2.76. The molecule has 0 radical (unpaired) electrons. The molecule has 0 unspecified atom stereocenters. The largest absolute Gasteiger partial charge is 0.545 e. The molecule has 0 bridgehead atoms. The molecule has 0 aliphatic rings. The van der Waals surface area contributed by atoms with Crippen LogP contribution < -0.4 is 10.2 Å². The fourth-order valence-electron chi connectivity index (χ4n) is 2.42. The first-order valence-corrected chi connectivity index (χ1v) is 7.19. The summed E-state index contributed by atoms with van der Waals surface area (Å²) < 4.78 is 1.15. The topological polar surface area (TPSA) is 115 Å². The Morgan fingerprint density at radius 1 is 0.880 bits per heavy atom. The first kappa shape index (κ1) is 16.1. The van der Waals surface area contributed by atoms with Crippen LogP contribution in [0.4, 0.5) is 0 Å². The predicted octanol–water partition coefficient (Wildman–Crippen LogP) is -0.0344. The van der Waals surface area contributed by atoms with Crippen LogP contribution in [-0.2, 0) is 0 Å². The molecule has 0 aliphatic heterocycles. The Morgan fingerprint density at radius 3 is 2.24 bits per heavy atom. The maximum absolute atomic E-state index is 12.8. The molecule has 0 spiro atoms. The van der Waals surface area contributed by atoms with Gasteiger partial charge in [-0.15, -0.1) is 0 Å². The lowest BCUT2D eigenvalue weighted by molar-refractivity contribution is -0.256. The van der Waals surface area contributed by atoms with Crippen molar-refractivity contribution in [3.05, 3.63) is 77.6 Å². The number of hydrogen-bond acceptors (Lipinski definition) is 6. The molecular weight excluding hydrogens is 324 g/mol. The zero-order valence-electron chi connectivity index (χ0n) is 12.7. The van der Waals surface area contributed by atoms with Crippen LogP contribution in [-0.4, -0.2) is 27.4 Å². The Labute approximate surface area is 141 Å². The lowest BCUT2D eigenvalue weighted by Gasteiger charge is -2.14. The Morgan fingerprint density at radius 2 is 1.60 bits per heavy atom. The molecule has 1 aromatic heterocycles. The third kappa shape index (κ3) is 3.02.